The zero-order chi connectivity index (χ0) is 12.4. The lowest BCUT2D eigenvalue weighted by molar-refractivity contribution is 0.102. The van der Waals surface area contributed by atoms with E-state index in [1.165, 1.54) is 6.20 Å². The molecule has 0 aliphatic carbocycles. The van der Waals surface area contributed by atoms with Crippen LogP contribution in [0.4, 0.5) is 5.69 Å². The first-order valence-corrected chi connectivity index (χ1v) is 5.98. The first-order valence-electron chi connectivity index (χ1n) is 4.81. The van der Waals surface area contributed by atoms with Crippen LogP contribution in [0.1, 0.15) is 10.4 Å². The molecule has 1 heterocycles. The molecule has 2 rings (SSSR count). The summed E-state index contributed by atoms with van der Waals surface area (Å²) in [4.78, 5) is 11.9. The molecule has 0 saturated heterocycles. The lowest BCUT2D eigenvalue weighted by Crippen LogP contribution is -2.11. The van der Waals surface area contributed by atoms with Crippen molar-refractivity contribution in [3.8, 4) is 0 Å². The van der Waals surface area contributed by atoms with Gasteiger partial charge in [-0.15, -0.1) is 0 Å². The molecule has 1 aromatic carbocycles. The monoisotopic (exact) mass is 313 g/mol. The van der Waals surface area contributed by atoms with E-state index in [2.05, 4.69) is 26.3 Å². The van der Waals surface area contributed by atoms with Crippen molar-refractivity contribution in [2.24, 2.45) is 7.05 Å². The minimum Gasteiger partial charge on any atom is -0.320 e. The van der Waals surface area contributed by atoms with Gasteiger partial charge >= 0.3 is 0 Å². The largest absolute Gasteiger partial charge is 0.320 e. The minimum atomic E-state index is -0.238. The van der Waals surface area contributed by atoms with Crippen LogP contribution in [0.5, 0.6) is 0 Å². The Bertz CT molecular complexity index is 568. The highest BCUT2D eigenvalue weighted by Gasteiger charge is 2.10. The van der Waals surface area contributed by atoms with E-state index in [4.69, 9.17) is 11.6 Å². The highest BCUT2D eigenvalue weighted by atomic mass is 79.9. The van der Waals surface area contributed by atoms with Gasteiger partial charge in [-0.25, -0.2) is 0 Å². The summed E-state index contributed by atoms with van der Waals surface area (Å²) in [6, 6.07) is 5.27. The predicted molar refractivity (Wildman–Crippen MR) is 70.3 cm³/mol. The quantitative estimate of drug-likeness (QED) is 0.926. The zero-order valence-corrected chi connectivity index (χ0v) is 11.3. The third-order valence-corrected chi connectivity index (χ3v) is 2.97. The average molecular weight is 315 g/mol. The maximum Gasteiger partial charge on any atom is 0.258 e. The number of aryl methyl sites for hydroxylation is 1. The molecule has 0 aliphatic rings. The second-order valence-corrected chi connectivity index (χ2v) is 4.80. The predicted octanol–water partition coefficient (Wildman–Crippen LogP) is 3.09. The molecule has 17 heavy (non-hydrogen) atoms. The first-order chi connectivity index (χ1) is 8.06. The second-order valence-electron chi connectivity index (χ2n) is 3.48. The van der Waals surface area contributed by atoms with Crippen molar-refractivity contribution in [1.29, 1.82) is 0 Å². The Morgan fingerprint density at radius 2 is 2.29 bits per heavy atom. The van der Waals surface area contributed by atoms with E-state index < -0.39 is 0 Å². The van der Waals surface area contributed by atoms with Crippen LogP contribution in [0, 0.1) is 0 Å². The summed E-state index contributed by atoms with van der Waals surface area (Å²) in [7, 11) is 1.75. The number of hydrogen-bond acceptors (Lipinski definition) is 2. The summed E-state index contributed by atoms with van der Waals surface area (Å²) in [5.74, 6) is -0.238. The van der Waals surface area contributed by atoms with Gasteiger partial charge in [-0.2, -0.15) is 5.10 Å². The third kappa shape index (κ3) is 2.87. The fourth-order valence-corrected chi connectivity index (χ4v) is 1.85. The van der Waals surface area contributed by atoms with Gasteiger partial charge in [-0.05, 0) is 18.2 Å². The first kappa shape index (κ1) is 12.1. The van der Waals surface area contributed by atoms with Gasteiger partial charge in [0.05, 0.1) is 22.5 Å². The molecule has 88 valence electrons. The SMILES string of the molecule is Cn1cc(C(=O)Nc2cc(Br)ccc2Cl)cn1. The summed E-state index contributed by atoms with van der Waals surface area (Å²) in [5.41, 5.74) is 1.05. The molecule has 2 aromatic rings. The summed E-state index contributed by atoms with van der Waals surface area (Å²) >= 11 is 9.30. The third-order valence-electron chi connectivity index (χ3n) is 2.14. The van der Waals surface area contributed by atoms with E-state index >= 15 is 0 Å². The van der Waals surface area contributed by atoms with Gasteiger partial charge in [0.15, 0.2) is 0 Å². The van der Waals surface area contributed by atoms with Crippen LogP contribution in [-0.4, -0.2) is 15.7 Å². The van der Waals surface area contributed by atoms with Crippen molar-refractivity contribution >= 4 is 39.1 Å². The number of carbonyl (C=O) groups is 1. The van der Waals surface area contributed by atoms with Crippen molar-refractivity contribution in [3.63, 3.8) is 0 Å². The number of nitrogens with zero attached hydrogens (tertiary/aromatic N) is 2. The Hall–Kier alpha value is -1.33. The van der Waals surface area contributed by atoms with E-state index in [9.17, 15) is 4.79 Å². The molecule has 0 unspecified atom stereocenters. The number of carbonyl (C=O) groups excluding carboxylic acids is 1. The fourth-order valence-electron chi connectivity index (χ4n) is 1.33. The number of aromatic nitrogens is 2. The Labute approximate surface area is 112 Å². The molecule has 0 atom stereocenters. The van der Waals surface area contributed by atoms with E-state index in [-0.39, 0.29) is 5.91 Å². The van der Waals surface area contributed by atoms with Crippen LogP contribution in [0.2, 0.25) is 5.02 Å². The summed E-state index contributed by atoms with van der Waals surface area (Å²) in [5, 5.41) is 7.15. The van der Waals surface area contributed by atoms with Gasteiger partial charge < -0.3 is 5.32 Å². The molecule has 0 bridgehead atoms. The minimum absolute atomic E-state index is 0.238. The molecule has 1 aromatic heterocycles. The molecule has 0 saturated carbocycles. The standard InChI is InChI=1S/C11H9BrClN3O/c1-16-6-7(5-14-16)11(17)15-10-4-8(12)2-3-9(10)13/h2-6H,1H3,(H,15,17). The number of hydrogen-bond donors (Lipinski definition) is 1. The average Bonchev–Trinajstić information content (AvgIpc) is 2.70. The van der Waals surface area contributed by atoms with Crippen LogP contribution in [0.25, 0.3) is 0 Å². The van der Waals surface area contributed by atoms with E-state index in [0.717, 1.165) is 4.47 Å². The summed E-state index contributed by atoms with van der Waals surface area (Å²) in [6.45, 7) is 0. The van der Waals surface area contributed by atoms with Gasteiger partial charge in [0.2, 0.25) is 0 Å². The Morgan fingerprint density at radius 3 is 2.94 bits per heavy atom. The Kier molecular flexibility index (Phi) is 3.49. The van der Waals surface area contributed by atoms with Crippen molar-refractivity contribution in [1.82, 2.24) is 9.78 Å². The van der Waals surface area contributed by atoms with Crippen molar-refractivity contribution in [2.45, 2.75) is 0 Å². The Morgan fingerprint density at radius 1 is 1.53 bits per heavy atom. The molecule has 0 spiro atoms. The summed E-state index contributed by atoms with van der Waals surface area (Å²) in [6.07, 6.45) is 3.14. The smallest absolute Gasteiger partial charge is 0.258 e. The van der Waals surface area contributed by atoms with Crippen LogP contribution < -0.4 is 5.32 Å². The van der Waals surface area contributed by atoms with Gasteiger partial charge in [-0.3, -0.25) is 9.48 Å². The molecule has 4 nitrogen and oxygen atoms in total. The van der Waals surface area contributed by atoms with Crippen LogP contribution in [-0.2, 0) is 7.05 Å². The molecule has 1 amide bonds. The van der Waals surface area contributed by atoms with Crippen LogP contribution in [0.15, 0.2) is 35.1 Å². The number of halogens is 2. The number of benzene rings is 1. The normalized spacial score (nSPS) is 10.3. The maximum absolute atomic E-state index is 11.9. The lowest BCUT2D eigenvalue weighted by Gasteiger charge is -2.06. The number of anilines is 1. The number of rotatable bonds is 2. The number of amides is 1. The molecule has 0 radical (unpaired) electrons. The van der Waals surface area contributed by atoms with Crippen molar-refractivity contribution in [3.05, 3.63) is 45.7 Å². The lowest BCUT2D eigenvalue weighted by atomic mass is 10.3. The van der Waals surface area contributed by atoms with E-state index in [1.807, 2.05) is 6.07 Å². The summed E-state index contributed by atoms with van der Waals surface area (Å²) < 4.78 is 2.42. The van der Waals surface area contributed by atoms with Crippen molar-refractivity contribution < 1.29 is 4.79 Å². The fraction of sp³-hybridized carbons (Fsp3) is 0.0909. The van der Waals surface area contributed by atoms with E-state index in [0.29, 0.717) is 16.3 Å². The molecule has 0 aliphatic heterocycles. The highest BCUT2D eigenvalue weighted by molar-refractivity contribution is 9.10. The van der Waals surface area contributed by atoms with Gasteiger partial charge in [-0.1, -0.05) is 27.5 Å². The second kappa shape index (κ2) is 4.89. The Balaban J connectivity index is 2.21. The molecule has 0 fully saturated rings. The molecular formula is C11H9BrClN3O. The van der Waals surface area contributed by atoms with Crippen molar-refractivity contribution in [2.75, 3.05) is 5.32 Å². The van der Waals surface area contributed by atoms with Gasteiger partial charge in [0, 0.05) is 17.7 Å². The number of nitrogens with one attached hydrogen (secondary N) is 1. The highest BCUT2D eigenvalue weighted by Crippen LogP contribution is 2.26. The van der Waals surface area contributed by atoms with Gasteiger partial charge in [0.1, 0.15) is 0 Å². The molecule has 1 N–H and O–H groups in total. The van der Waals surface area contributed by atoms with E-state index in [1.54, 1.807) is 30.1 Å². The molecule has 6 heteroatoms. The maximum atomic E-state index is 11.9. The van der Waals surface area contributed by atoms with Crippen LogP contribution in [0.3, 0.4) is 0 Å². The topological polar surface area (TPSA) is 46.9 Å². The van der Waals surface area contributed by atoms with Crippen LogP contribution >= 0.6 is 27.5 Å². The zero-order valence-electron chi connectivity index (χ0n) is 8.95. The molecular weight excluding hydrogens is 305 g/mol. The van der Waals surface area contributed by atoms with Gasteiger partial charge in [0.25, 0.3) is 5.91 Å².